The zero-order valence-electron chi connectivity index (χ0n) is 9.11. The first-order valence-electron chi connectivity index (χ1n) is 5.36. The number of anilines is 2. The fourth-order valence-corrected chi connectivity index (χ4v) is 2.16. The van der Waals surface area contributed by atoms with Gasteiger partial charge in [-0.15, -0.1) is 0 Å². The van der Waals surface area contributed by atoms with Crippen LogP contribution < -0.4 is 11.5 Å². The highest BCUT2D eigenvalue weighted by Crippen LogP contribution is 2.31. The molecule has 2 rings (SSSR count). The predicted molar refractivity (Wildman–Crippen MR) is 62.5 cm³/mol. The average Bonchev–Trinajstić information content (AvgIpc) is 2.23. The number of rotatable bonds is 1. The number of hydrogen-bond acceptors (Lipinski definition) is 4. The van der Waals surface area contributed by atoms with Crippen molar-refractivity contribution in [2.45, 2.75) is 18.8 Å². The van der Waals surface area contributed by atoms with Crippen molar-refractivity contribution < 1.29 is 0 Å². The van der Waals surface area contributed by atoms with E-state index in [2.05, 4.69) is 16.9 Å². The second-order valence-electron chi connectivity index (χ2n) is 4.32. The van der Waals surface area contributed by atoms with Gasteiger partial charge in [0.25, 0.3) is 0 Å². The topological polar surface area (TPSA) is 68.2 Å². The molecular formula is C11H18N4. The SMILES string of the molecule is CN1CCC(c2cc(N)cnc2N)CC1. The zero-order chi connectivity index (χ0) is 10.8. The fourth-order valence-electron chi connectivity index (χ4n) is 2.16. The Hall–Kier alpha value is -1.29. The standard InChI is InChI=1S/C11H18N4/c1-15-4-2-8(3-5-15)10-6-9(12)7-14-11(10)13/h6-8H,2-5,12H2,1H3,(H2,13,14). The molecule has 0 atom stereocenters. The Bertz CT molecular complexity index is 342. The van der Waals surface area contributed by atoms with Gasteiger partial charge in [-0.1, -0.05) is 0 Å². The first-order valence-corrected chi connectivity index (χ1v) is 5.36. The van der Waals surface area contributed by atoms with Crippen molar-refractivity contribution in [3.05, 3.63) is 17.8 Å². The molecule has 0 amide bonds. The van der Waals surface area contributed by atoms with Crippen molar-refractivity contribution in [1.82, 2.24) is 9.88 Å². The van der Waals surface area contributed by atoms with E-state index in [0.29, 0.717) is 17.4 Å². The Morgan fingerprint density at radius 1 is 1.33 bits per heavy atom. The highest BCUT2D eigenvalue weighted by atomic mass is 15.1. The monoisotopic (exact) mass is 206 g/mol. The maximum Gasteiger partial charge on any atom is 0.126 e. The second-order valence-corrected chi connectivity index (χ2v) is 4.32. The van der Waals surface area contributed by atoms with E-state index in [4.69, 9.17) is 11.5 Å². The van der Waals surface area contributed by atoms with E-state index < -0.39 is 0 Å². The lowest BCUT2D eigenvalue weighted by Crippen LogP contribution is -2.29. The summed E-state index contributed by atoms with van der Waals surface area (Å²) in [5.41, 5.74) is 13.4. The van der Waals surface area contributed by atoms with Gasteiger partial charge in [0.05, 0.1) is 11.9 Å². The first kappa shape index (κ1) is 10.2. The maximum absolute atomic E-state index is 5.87. The lowest BCUT2D eigenvalue weighted by molar-refractivity contribution is 0.255. The zero-order valence-corrected chi connectivity index (χ0v) is 9.11. The molecule has 0 spiro atoms. The molecule has 1 aromatic heterocycles. The molecule has 0 bridgehead atoms. The number of aromatic nitrogens is 1. The van der Waals surface area contributed by atoms with Gasteiger partial charge in [-0.25, -0.2) is 4.98 Å². The minimum Gasteiger partial charge on any atom is -0.397 e. The molecule has 15 heavy (non-hydrogen) atoms. The van der Waals surface area contributed by atoms with Crippen molar-refractivity contribution >= 4 is 11.5 Å². The van der Waals surface area contributed by atoms with Gasteiger partial charge >= 0.3 is 0 Å². The van der Waals surface area contributed by atoms with Crippen LogP contribution in [-0.4, -0.2) is 30.0 Å². The smallest absolute Gasteiger partial charge is 0.126 e. The Balaban J connectivity index is 2.18. The van der Waals surface area contributed by atoms with Gasteiger partial charge in [0.1, 0.15) is 5.82 Å². The molecule has 4 heteroatoms. The Morgan fingerprint density at radius 2 is 2.00 bits per heavy atom. The van der Waals surface area contributed by atoms with Crippen molar-refractivity contribution in [3.63, 3.8) is 0 Å². The van der Waals surface area contributed by atoms with Gasteiger partial charge in [0.15, 0.2) is 0 Å². The Kier molecular flexibility index (Phi) is 2.77. The number of piperidine rings is 1. The van der Waals surface area contributed by atoms with Crippen LogP contribution in [0.1, 0.15) is 24.3 Å². The summed E-state index contributed by atoms with van der Waals surface area (Å²) < 4.78 is 0. The first-order chi connectivity index (χ1) is 7.16. The number of likely N-dealkylation sites (tertiary alicyclic amines) is 1. The van der Waals surface area contributed by atoms with Crippen LogP contribution in [0.2, 0.25) is 0 Å². The normalized spacial score (nSPS) is 19.3. The van der Waals surface area contributed by atoms with E-state index in [9.17, 15) is 0 Å². The van der Waals surface area contributed by atoms with Crippen LogP contribution in [0.15, 0.2) is 12.3 Å². The summed E-state index contributed by atoms with van der Waals surface area (Å²) in [6, 6.07) is 1.97. The molecule has 0 aliphatic carbocycles. The van der Waals surface area contributed by atoms with Gasteiger partial charge < -0.3 is 16.4 Å². The summed E-state index contributed by atoms with van der Waals surface area (Å²) in [4.78, 5) is 6.45. The lowest BCUT2D eigenvalue weighted by Gasteiger charge is -2.29. The van der Waals surface area contributed by atoms with Crippen LogP contribution in [0.3, 0.4) is 0 Å². The van der Waals surface area contributed by atoms with Crippen LogP contribution in [0.4, 0.5) is 11.5 Å². The molecule has 1 aromatic rings. The quantitative estimate of drug-likeness (QED) is 0.721. The highest BCUT2D eigenvalue weighted by molar-refractivity contribution is 5.50. The minimum atomic E-state index is 0.525. The third-order valence-corrected chi connectivity index (χ3v) is 3.13. The van der Waals surface area contributed by atoms with Gasteiger partial charge in [-0.3, -0.25) is 0 Å². The summed E-state index contributed by atoms with van der Waals surface area (Å²) in [5, 5.41) is 0. The fraction of sp³-hybridized carbons (Fsp3) is 0.545. The predicted octanol–water partition coefficient (Wildman–Crippen LogP) is 1.06. The molecule has 0 radical (unpaired) electrons. The van der Waals surface area contributed by atoms with Crippen molar-refractivity contribution in [1.29, 1.82) is 0 Å². The molecule has 82 valence electrons. The molecule has 4 N–H and O–H groups in total. The van der Waals surface area contributed by atoms with Crippen molar-refractivity contribution in [3.8, 4) is 0 Å². The summed E-state index contributed by atoms with van der Waals surface area (Å²) in [6.07, 6.45) is 3.91. The van der Waals surface area contributed by atoms with E-state index in [1.54, 1.807) is 6.20 Å². The average molecular weight is 206 g/mol. The summed E-state index contributed by atoms with van der Waals surface area (Å²) >= 11 is 0. The second kappa shape index (κ2) is 4.06. The van der Waals surface area contributed by atoms with Crippen LogP contribution in [0, 0.1) is 0 Å². The van der Waals surface area contributed by atoms with Crippen molar-refractivity contribution in [2.75, 3.05) is 31.6 Å². The third-order valence-electron chi connectivity index (χ3n) is 3.13. The van der Waals surface area contributed by atoms with E-state index in [1.165, 1.54) is 0 Å². The summed E-state index contributed by atoms with van der Waals surface area (Å²) in [6.45, 7) is 2.25. The maximum atomic E-state index is 5.87. The number of nitrogens with two attached hydrogens (primary N) is 2. The molecule has 4 nitrogen and oxygen atoms in total. The molecule has 0 aromatic carbocycles. The highest BCUT2D eigenvalue weighted by Gasteiger charge is 2.20. The molecule has 1 aliphatic heterocycles. The van der Waals surface area contributed by atoms with Gasteiger partial charge in [-0.2, -0.15) is 0 Å². The number of nitrogens with zero attached hydrogens (tertiary/aromatic N) is 2. The summed E-state index contributed by atoms with van der Waals surface area (Å²) in [5.74, 6) is 1.16. The van der Waals surface area contributed by atoms with Crippen LogP contribution >= 0.6 is 0 Å². The number of hydrogen-bond donors (Lipinski definition) is 2. The molecule has 1 aliphatic rings. The van der Waals surface area contributed by atoms with Crippen molar-refractivity contribution in [2.24, 2.45) is 0 Å². The molecule has 0 saturated carbocycles. The van der Waals surface area contributed by atoms with E-state index in [1.807, 2.05) is 6.07 Å². The van der Waals surface area contributed by atoms with Gasteiger partial charge in [0.2, 0.25) is 0 Å². The van der Waals surface area contributed by atoms with Gasteiger partial charge in [-0.05, 0) is 50.5 Å². The lowest BCUT2D eigenvalue weighted by atomic mass is 9.90. The molecule has 1 saturated heterocycles. The Labute approximate surface area is 90.3 Å². The summed E-state index contributed by atoms with van der Waals surface area (Å²) in [7, 11) is 2.15. The number of pyridine rings is 1. The van der Waals surface area contributed by atoms with E-state index >= 15 is 0 Å². The van der Waals surface area contributed by atoms with Gasteiger partial charge in [0, 0.05) is 0 Å². The largest absolute Gasteiger partial charge is 0.397 e. The minimum absolute atomic E-state index is 0.525. The van der Waals surface area contributed by atoms with Crippen LogP contribution in [0.25, 0.3) is 0 Å². The van der Waals surface area contributed by atoms with Crippen LogP contribution in [0.5, 0.6) is 0 Å². The Morgan fingerprint density at radius 3 is 2.67 bits per heavy atom. The molecular weight excluding hydrogens is 188 g/mol. The van der Waals surface area contributed by atoms with E-state index in [0.717, 1.165) is 31.5 Å². The van der Waals surface area contributed by atoms with E-state index in [-0.39, 0.29) is 0 Å². The van der Waals surface area contributed by atoms with Crippen LogP contribution in [-0.2, 0) is 0 Å². The third kappa shape index (κ3) is 2.21. The number of nitrogen functional groups attached to an aromatic ring is 2. The molecule has 2 heterocycles. The molecule has 0 unspecified atom stereocenters. The molecule has 1 fully saturated rings.